The van der Waals surface area contributed by atoms with E-state index in [1.807, 2.05) is 6.92 Å². The molecule has 1 rings (SSSR count). The highest BCUT2D eigenvalue weighted by atomic mass is 79.9. The van der Waals surface area contributed by atoms with Crippen molar-refractivity contribution in [3.05, 3.63) is 69.9 Å². The van der Waals surface area contributed by atoms with E-state index in [9.17, 15) is 9.18 Å². The number of carbonyl (C=O) groups excluding carboxylic acids is 1. The van der Waals surface area contributed by atoms with E-state index in [4.69, 9.17) is 14.7 Å². The van der Waals surface area contributed by atoms with Gasteiger partial charge in [-0.15, -0.1) is 0 Å². The van der Waals surface area contributed by atoms with Gasteiger partial charge in [0.05, 0.1) is 49.3 Å². The minimum Gasteiger partial charge on any atom is -0.394 e. The quantitative estimate of drug-likeness (QED) is 0.0728. The maximum Gasteiger partial charge on any atom is 0.276 e. The number of allylic oxidation sites excluding steroid dienone is 7. The van der Waals surface area contributed by atoms with Crippen LogP contribution in [0.1, 0.15) is 33.6 Å². The smallest absolute Gasteiger partial charge is 0.276 e. The molecule has 0 aromatic heterocycles. The number of aliphatic hydroxyl groups is 1. The van der Waals surface area contributed by atoms with Crippen LogP contribution in [-0.4, -0.2) is 56.0 Å². The summed E-state index contributed by atoms with van der Waals surface area (Å²) < 4.78 is 34.3. The lowest BCUT2D eigenvalue weighted by atomic mass is 10.1. The maximum absolute atomic E-state index is 15.2. The van der Waals surface area contributed by atoms with Crippen LogP contribution in [0.25, 0.3) is 0 Å². The van der Waals surface area contributed by atoms with Crippen molar-refractivity contribution in [3.63, 3.8) is 0 Å². The number of aliphatic hydroxyl groups excluding tert-OH is 1. The number of aliphatic imine (C=N–C) groups is 1. The van der Waals surface area contributed by atoms with E-state index in [1.54, 1.807) is 6.08 Å². The van der Waals surface area contributed by atoms with Crippen molar-refractivity contribution in [2.24, 2.45) is 4.99 Å². The van der Waals surface area contributed by atoms with E-state index in [0.717, 1.165) is 12.8 Å². The lowest BCUT2D eigenvalue weighted by Gasteiger charge is -2.14. The molecule has 36 heavy (non-hydrogen) atoms. The van der Waals surface area contributed by atoms with Crippen molar-refractivity contribution < 1.29 is 28.3 Å². The number of hydrogen-bond acceptors (Lipinski definition) is 6. The fourth-order valence-corrected chi connectivity index (χ4v) is 3.16. The van der Waals surface area contributed by atoms with Crippen LogP contribution in [-0.2, 0) is 14.4 Å². The van der Waals surface area contributed by atoms with Crippen LogP contribution in [0.2, 0.25) is 0 Å². The Bertz CT molecular complexity index is 910. The average Bonchev–Trinajstić information content (AvgIpc) is 2.97. The summed E-state index contributed by atoms with van der Waals surface area (Å²) in [6.45, 7) is 6.04. The molecule has 2 atom stereocenters. The number of halogens is 3. The van der Waals surface area contributed by atoms with Gasteiger partial charge >= 0.3 is 0 Å². The molecule has 0 aromatic carbocycles. The first kappa shape index (κ1) is 31.4. The normalized spacial score (nSPS) is 18.0. The second-order valence-corrected chi connectivity index (χ2v) is 8.56. The van der Waals surface area contributed by atoms with E-state index in [1.165, 1.54) is 49.8 Å². The van der Waals surface area contributed by atoms with Gasteiger partial charge in [0.25, 0.3) is 5.91 Å². The van der Waals surface area contributed by atoms with E-state index < -0.39 is 12.1 Å². The fourth-order valence-electron chi connectivity index (χ4n) is 2.70. The monoisotopic (exact) mass is 572 g/mol. The molecule has 11 heteroatoms. The second-order valence-electron chi connectivity index (χ2n) is 7.65. The van der Waals surface area contributed by atoms with Crippen LogP contribution in [0.4, 0.5) is 8.78 Å². The molecular formula is C25H35BrF2N4O4. The first-order valence-corrected chi connectivity index (χ1v) is 12.4. The predicted molar refractivity (Wildman–Crippen MR) is 141 cm³/mol. The van der Waals surface area contributed by atoms with Crippen LogP contribution >= 0.6 is 15.9 Å². The first-order chi connectivity index (χ1) is 17.3. The number of hydrogen-bond donors (Lipinski definition) is 4. The number of unbranched alkanes of at least 4 members (excludes halogenated alkanes) is 1. The third kappa shape index (κ3) is 13.5. The van der Waals surface area contributed by atoms with Crippen molar-refractivity contribution in [1.82, 2.24) is 16.1 Å². The van der Waals surface area contributed by atoms with Gasteiger partial charge in [0.2, 0.25) is 0 Å². The van der Waals surface area contributed by atoms with Gasteiger partial charge in [0.1, 0.15) is 0 Å². The number of nitrogens with one attached hydrogen (secondary N) is 3. The lowest BCUT2D eigenvalue weighted by Crippen LogP contribution is -2.30. The van der Waals surface area contributed by atoms with Crippen molar-refractivity contribution >= 4 is 28.2 Å². The fraction of sp³-hybridized carbons (Fsp3) is 0.440. The van der Waals surface area contributed by atoms with Crippen LogP contribution in [0, 0.1) is 0 Å². The molecule has 200 valence electrons. The zero-order valence-corrected chi connectivity index (χ0v) is 22.4. The average molecular weight is 573 g/mol. The standard InChI is InChI=1S/C25H35BrF2N4O4/c1-4-5-12-35-19(3)16-29-17-31-21-8-9-22(25(34)32-36-13-11-33)24(23(28)15-21)30-10-6-7-20(26)14-18(2)27/h6-10,14-15,17,19,23,30,33H,4-5,11-13,16H2,1-3H3,(H,29,31)(H,32,34)/b10-6+,18-14+,20-7+. The summed E-state index contributed by atoms with van der Waals surface area (Å²) in [6.07, 6.45) is 11.8. The minimum atomic E-state index is -1.68. The number of rotatable bonds is 16. The Hall–Kier alpha value is -2.60. The summed E-state index contributed by atoms with van der Waals surface area (Å²) in [4.78, 5) is 21.7. The number of hydroxylamine groups is 1. The molecule has 0 radical (unpaired) electrons. The van der Waals surface area contributed by atoms with Crippen LogP contribution in [0.3, 0.4) is 0 Å². The van der Waals surface area contributed by atoms with Gasteiger partial charge in [-0.3, -0.25) is 14.6 Å². The third-order valence-electron chi connectivity index (χ3n) is 4.44. The van der Waals surface area contributed by atoms with Gasteiger partial charge in [-0.25, -0.2) is 14.3 Å². The highest BCUT2D eigenvalue weighted by molar-refractivity contribution is 9.11. The van der Waals surface area contributed by atoms with Gasteiger partial charge in [0, 0.05) is 23.0 Å². The van der Waals surface area contributed by atoms with E-state index >= 15 is 4.39 Å². The molecule has 0 heterocycles. The molecule has 1 amide bonds. The molecular weight excluding hydrogens is 538 g/mol. The molecule has 2 unspecified atom stereocenters. The van der Waals surface area contributed by atoms with Crippen molar-refractivity contribution in [3.8, 4) is 0 Å². The number of nitrogens with zero attached hydrogens (tertiary/aromatic N) is 1. The predicted octanol–water partition coefficient (Wildman–Crippen LogP) is 4.15. The molecule has 0 aliphatic heterocycles. The van der Waals surface area contributed by atoms with Crippen molar-refractivity contribution in [1.29, 1.82) is 0 Å². The molecule has 0 saturated carbocycles. The molecule has 0 saturated heterocycles. The Balaban J connectivity index is 2.94. The summed E-state index contributed by atoms with van der Waals surface area (Å²) in [5, 5.41) is 14.5. The van der Waals surface area contributed by atoms with E-state index in [-0.39, 0.29) is 36.4 Å². The first-order valence-electron chi connectivity index (χ1n) is 11.6. The van der Waals surface area contributed by atoms with Gasteiger partial charge in [-0.1, -0.05) is 29.3 Å². The van der Waals surface area contributed by atoms with Crippen LogP contribution in [0.15, 0.2) is 74.9 Å². The summed E-state index contributed by atoms with van der Waals surface area (Å²) in [5.41, 5.74) is 2.50. The Morgan fingerprint density at radius 3 is 2.81 bits per heavy atom. The minimum absolute atomic E-state index is 0.0180. The van der Waals surface area contributed by atoms with Gasteiger partial charge < -0.3 is 20.5 Å². The lowest BCUT2D eigenvalue weighted by molar-refractivity contribution is -0.130. The Kier molecular flexibility index (Phi) is 16.3. The molecule has 0 aromatic rings. The largest absolute Gasteiger partial charge is 0.394 e. The van der Waals surface area contributed by atoms with Crippen LogP contribution < -0.4 is 16.1 Å². The number of amides is 1. The topological polar surface area (TPSA) is 104 Å². The Morgan fingerprint density at radius 1 is 1.33 bits per heavy atom. The number of ether oxygens (including phenoxy) is 1. The highest BCUT2D eigenvalue weighted by Gasteiger charge is 2.22. The van der Waals surface area contributed by atoms with Crippen LogP contribution in [0.5, 0.6) is 0 Å². The zero-order chi connectivity index (χ0) is 26.8. The molecule has 4 N–H and O–H groups in total. The Morgan fingerprint density at radius 2 is 2.11 bits per heavy atom. The highest BCUT2D eigenvalue weighted by Crippen LogP contribution is 2.19. The van der Waals surface area contributed by atoms with Crippen molar-refractivity contribution in [2.45, 2.75) is 45.9 Å². The van der Waals surface area contributed by atoms with Crippen molar-refractivity contribution in [2.75, 3.05) is 26.4 Å². The number of carbonyl (C=O) groups is 1. The molecule has 1 aliphatic carbocycles. The zero-order valence-electron chi connectivity index (χ0n) is 20.8. The number of alkyl halides is 1. The summed E-state index contributed by atoms with van der Waals surface area (Å²) in [5.74, 6) is -1.08. The summed E-state index contributed by atoms with van der Waals surface area (Å²) in [7, 11) is 0. The van der Waals surface area contributed by atoms with Gasteiger partial charge in [0.15, 0.2) is 6.17 Å². The van der Waals surface area contributed by atoms with E-state index in [2.05, 4.69) is 44.0 Å². The maximum atomic E-state index is 15.2. The molecule has 0 spiro atoms. The SMILES string of the molecule is CCCCOC(C)CN=CNC1=CC(F)C(N/C=C/C=C(Br)\C=C(/C)F)=C(C(=O)NOCCO)C=C1. The molecule has 8 nitrogen and oxygen atoms in total. The molecule has 0 bridgehead atoms. The van der Waals surface area contributed by atoms with E-state index in [0.29, 0.717) is 23.3 Å². The third-order valence-corrected chi connectivity index (χ3v) is 4.93. The molecule has 1 aliphatic rings. The van der Waals surface area contributed by atoms with Gasteiger partial charge in [-0.2, -0.15) is 0 Å². The van der Waals surface area contributed by atoms with Gasteiger partial charge in [-0.05, 0) is 56.7 Å². The second kappa shape index (κ2) is 18.6. The Labute approximate surface area is 219 Å². The molecule has 0 fully saturated rings. The summed E-state index contributed by atoms with van der Waals surface area (Å²) in [6, 6.07) is 0. The summed E-state index contributed by atoms with van der Waals surface area (Å²) >= 11 is 3.19.